The molecule has 0 saturated heterocycles. The van der Waals surface area contributed by atoms with E-state index in [0.717, 1.165) is 33.8 Å². The summed E-state index contributed by atoms with van der Waals surface area (Å²) in [5.74, 6) is 0.619. The predicted octanol–water partition coefficient (Wildman–Crippen LogP) is 5.16. The van der Waals surface area contributed by atoms with Gasteiger partial charge in [-0.1, -0.05) is 59.8 Å². The van der Waals surface area contributed by atoms with Gasteiger partial charge in [0.1, 0.15) is 17.5 Å². The second-order valence-electron chi connectivity index (χ2n) is 9.18. The van der Waals surface area contributed by atoms with Crippen LogP contribution in [0.15, 0.2) is 91.5 Å². The zero-order valence-corrected chi connectivity index (χ0v) is 20.6. The number of aryl methyl sites for hydroxylation is 1. The Hall–Kier alpha value is -4.72. The van der Waals surface area contributed by atoms with Crippen molar-refractivity contribution in [1.29, 1.82) is 0 Å². The van der Waals surface area contributed by atoms with Crippen molar-refractivity contribution in [2.45, 2.75) is 25.3 Å². The Balaban J connectivity index is 1.34. The van der Waals surface area contributed by atoms with E-state index in [1.54, 1.807) is 18.1 Å². The van der Waals surface area contributed by atoms with Gasteiger partial charge in [0.05, 0.1) is 31.0 Å². The van der Waals surface area contributed by atoms with E-state index >= 15 is 0 Å². The highest BCUT2D eigenvalue weighted by Gasteiger charge is 2.32. The highest BCUT2D eigenvalue weighted by Crippen LogP contribution is 2.40. The molecule has 0 aliphatic carbocycles. The van der Waals surface area contributed by atoms with Gasteiger partial charge in [-0.15, -0.1) is 5.10 Å². The Kier molecular flexibility index (Phi) is 5.76. The van der Waals surface area contributed by atoms with Crippen molar-refractivity contribution in [3.63, 3.8) is 0 Å². The number of imidazole rings is 1. The number of aromatic nitrogens is 5. The Morgan fingerprint density at radius 3 is 2.59 bits per heavy atom. The third kappa shape index (κ3) is 4.27. The Bertz CT molecular complexity index is 1570. The molecule has 8 heteroatoms. The lowest BCUT2D eigenvalue weighted by Crippen LogP contribution is -2.25. The molecule has 2 aromatic heterocycles. The van der Waals surface area contributed by atoms with Crippen LogP contribution in [0, 0.1) is 6.92 Å². The van der Waals surface area contributed by atoms with E-state index in [-0.39, 0.29) is 11.8 Å². The molecular formula is C29H26N6O2. The molecule has 3 aromatic carbocycles. The lowest BCUT2D eigenvalue weighted by molar-refractivity contribution is -0.119. The second-order valence-corrected chi connectivity index (χ2v) is 9.18. The predicted molar refractivity (Wildman–Crippen MR) is 141 cm³/mol. The fraction of sp³-hybridized carbons (Fsp3) is 0.172. The first-order valence-corrected chi connectivity index (χ1v) is 12.2. The minimum Gasteiger partial charge on any atom is -0.495 e. The zero-order chi connectivity index (χ0) is 25.4. The molecule has 37 heavy (non-hydrogen) atoms. The van der Waals surface area contributed by atoms with Gasteiger partial charge in [0.2, 0.25) is 5.91 Å². The summed E-state index contributed by atoms with van der Waals surface area (Å²) in [6, 6.07) is 23.6. The number of nitrogens with zero attached hydrogens (tertiary/aromatic N) is 5. The quantitative estimate of drug-likeness (QED) is 0.368. The molecule has 5 aromatic rings. The molecule has 2 atom stereocenters. The number of fused-ring (bicyclic) bond motifs is 1. The number of anilines is 1. The van der Waals surface area contributed by atoms with Crippen molar-refractivity contribution in [2.24, 2.45) is 0 Å². The molecule has 2 unspecified atom stereocenters. The molecule has 8 nitrogen and oxygen atoms in total. The normalized spacial score (nSPS) is 17.1. The lowest BCUT2D eigenvalue weighted by Gasteiger charge is -2.20. The maximum Gasteiger partial charge on any atom is 0.249 e. The van der Waals surface area contributed by atoms with E-state index in [2.05, 4.69) is 38.8 Å². The smallest absolute Gasteiger partial charge is 0.249 e. The van der Waals surface area contributed by atoms with Gasteiger partial charge < -0.3 is 14.6 Å². The molecular weight excluding hydrogens is 464 g/mol. The Labute approximate surface area is 214 Å². The average molecular weight is 491 g/mol. The van der Waals surface area contributed by atoms with Crippen LogP contribution in [-0.2, 0) is 4.79 Å². The average Bonchev–Trinajstić information content (AvgIpc) is 3.56. The third-order valence-corrected chi connectivity index (χ3v) is 6.85. The Morgan fingerprint density at radius 1 is 1.00 bits per heavy atom. The van der Waals surface area contributed by atoms with Crippen LogP contribution in [-0.4, -0.2) is 37.6 Å². The fourth-order valence-corrected chi connectivity index (χ4v) is 4.98. The number of benzene rings is 3. The molecule has 3 heterocycles. The maximum atomic E-state index is 13.4. The largest absolute Gasteiger partial charge is 0.495 e. The molecule has 0 bridgehead atoms. The highest BCUT2D eigenvalue weighted by atomic mass is 16.5. The van der Waals surface area contributed by atoms with Crippen LogP contribution in [0.1, 0.15) is 35.2 Å². The highest BCUT2D eigenvalue weighted by molar-refractivity contribution is 5.95. The molecule has 6 rings (SSSR count). The van der Waals surface area contributed by atoms with Crippen molar-refractivity contribution in [3.8, 4) is 22.7 Å². The zero-order valence-electron chi connectivity index (χ0n) is 20.6. The molecule has 184 valence electrons. The Morgan fingerprint density at radius 2 is 1.81 bits per heavy atom. The van der Waals surface area contributed by atoms with Gasteiger partial charge in [-0.25, -0.2) is 9.67 Å². The summed E-state index contributed by atoms with van der Waals surface area (Å²) in [5.41, 5.74) is 6.40. The van der Waals surface area contributed by atoms with Crippen LogP contribution in [0.5, 0.6) is 5.75 Å². The van der Waals surface area contributed by atoms with Gasteiger partial charge in [-0.05, 0) is 42.7 Å². The number of rotatable bonds is 5. The van der Waals surface area contributed by atoms with E-state index in [4.69, 9.17) is 4.74 Å². The van der Waals surface area contributed by atoms with Crippen molar-refractivity contribution < 1.29 is 9.53 Å². The summed E-state index contributed by atoms with van der Waals surface area (Å²) >= 11 is 0. The van der Waals surface area contributed by atoms with E-state index in [9.17, 15) is 4.79 Å². The van der Waals surface area contributed by atoms with Crippen molar-refractivity contribution in [2.75, 3.05) is 12.4 Å². The van der Waals surface area contributed by atoms with Gasteiger partial charge in [0.15, 0.2) is 0 Å². The van der Waals surface area contributed by atoms with Gasteiger partial charge in [0.25, 0.3) is 0 Å². The minimum absolute atomic E-state index is 0.0343. The summed E-state index contributed by atoms with van der Waals surface area (Å²) in [6.07, 6.45) is 6.10. The molecule has 1 aliphatic rings. The number of hydrogen-bond acceptors (Lipinski definition) is 5. The number of nitrogens with one attached hydrogen (secondary N) is 1. The van der Waals surface area contributed by atoms with Crippen LogP contribution in [0.2, 0.25) is 0 Å². The first-order valence-electron chi connectivity index (χ1n) is 12.2. The van der Waals surface area contributed by atoms with Gasteiger partial charge >= 0.3 is 0 Å². The number of para-hydroxylation sites is 1. The molecule has 0 spiro atoms. The van der Waals surface area contributed by atoms with Crippen molar-refractivity contribution >= 4 is 11.6 Å². The number of ether oxygens (including phenoxy) is 1. The second kappa shape index (κ2) is 9.39. The molecule has 0 saturated carbocycles. The van der Waals surface area contributed by atoms with Gasteiger partial charge in [-0.2, -0.15) is 0 Å². The van der Waals surface area contributed by atoms with E-state index in [1.807, 2.05) is 78.5 Å². The van der Waals surface area contributed by atoms with Crippen molar-refractivity contribution in [3.05, 3.63) is 108 Å². The molecule has 1 amide bonds. The number of amides is 1. The van der Waals surface area contributed by atoms with Crippen LogP contribution < -0.4 is 10.1 Å². The first-order chi connectivity index (χ1) is 18.1. The van der Waals surface area contributed by atoms with Crippen molar-refractivity contribution in [1.82, 2.24) is 24.5 Å². The number of hydrogen-bond donors (Lipinski definition) is 1. The summed E-state index contributed by atoms with van der Waals surface area (Å²) in [6.45, 7) is 1.94. The van der Waals surface area contributed by atoms with Crippen LogP contribution in [0.4, 0.5) is 5.69 Å². The van der Waals surface area contributed by atoms with E-state index in [0.29, 0.717) is 17.9 Å². The SMILES string of the molecule is COc1cc(-c2cn(C3CC(c4ccccc4)c4ccccc4NC3=O)nn2)ccc1-n1cnc(C)c1. The van der Waals surface area contributed by atoms with Gasteiger partial charge in [0, 0.05) is 23.4 Å². The number of carbonyl (C=O) groups excluding carboxylic acids is 1. The third-order valence-electron chi connectivity index (χ3n) is 6.85. The lowest BCUT2D eigenvalue weighted by atomic mass is 9.86. The summed E-state index contributed by atoms with van der Waals surface area (Å²) in [7, 11) is 1.64. The van der Waals surface area contributed by atoms with Gasteiger partial charge in [-0.3, -0.25) is 4.79 Å². The molecule has 0 radical (unpaired) electrons. The van der Waals surface area contributed by atoms with E-state index < -0.39 is 6.04 Å². The minimum atomic E-state index is -0.519. The fourth-order valence-electron chi connectivity index (χ4n) is 4.98. The summed E-state index contributed by atoms with van der Waals surface area (Å²) in [5, 5.41) is 11.9. The summed E-state index contributed by atoms with van der Waals surface area (Å²) in [4.78, 5) is 17.7. The monoisotopic (exact) mass is 490 g/mol. The van der Waals surface area contributed by atoms with E-state index in [1.165, 1.54) is 0 Å². The van der Waals surface area contributed by atoms with Crippen LogP contribution in [0.25, 0.3) is 16.9 Å². The first kappa shape index (κ1) is 22.7. The number of carbonyl (C=O) groups is 1. The molecule has 0 fully saturated rings. The topological polar surface area (TPSA) is 86.9 Å². The van der Waals surface area contributed by atoms with Crippen LogP contribution >= 0.6 is 0 Å². The molecule has 1 N–H and O–H groups in total. The summed E-state index contributed by atoms with van der Waals surface area (Å²) < 4.78 is 9.25. The number of methoxy groups -OCH3 is 1. The molecule has 1 aliphatic heterocycles. The van der Waals surface area contributed by atoms with Crippen LogP contribution in [0.3, 0.4) is 0 Å². The standard InChI is InChI=1S/C29H26N6O2/c1-19-16-34(18-30-19)26-13-12-21(14-28(26)37-2)25-17-35(33-32-25)27-15-23(20-8-4-3-5-9-20)22-10-6-7-11-24(22)31-29(27)36/h3-14,16-18,23,27H,15H2,1-2H3,(H,31,36). The maximum absolute atomic E-state index is 13.4.